The molecule has 0 aliphatic carbocycles. The summed E-state index contributed by atoms with van der Waals surface area (Å²) in [5.41, 5.74) is 1.44. The zero-order valence-electron chi connectivity index (χ0n) is 13.1. The number of hydrogen-bond acceptors (Lipinski definition) is 1. The van der Waals surface area contributed by atoms with Gasteiger partial charge in [-0.05, 0) is 6.26 Å². The first-order chi connectivity index (χ1) is 7.74. The Morgan fingerprint density at radius 3 is 1.35 bits per heavy atom. The van der Waals surface area contributed by atoms with Crippen LogP contribution < -0.4 is 18.9 Å². The van der Waals surface area contributed by atoms with E-state index in [-0.39, 0.29) is 25.0 Å². The summed E-state index contributed by atoms with van der Waals surface area (Å²) in [4.78, 5) is 0. The standard InChI is InChI=1S/C14H32BS.Li/c1-5-8-11-15(14-16-4,12-9-6-2)13-10-7-3;/h5-14H2,1-4H3;/q-1;+1. The first-order valence-electron chi connectivity index (χ1n) is 7.45. The monoisotopic (exact) mass is 250 g/mol. The van der Waals surface area contributed by atoms with E-state index in [1.165, 1.54) is 63.1 Å². The summed E-state index contributed by atoms with van der Waals surface area (Å²) in [7, 11) is 0. The van der Waals surface area contributed by atoms with Crippen LogP contribution in [-0.2, 0) is 0 Å². The number of hydrogen-bond donors (Lipinski definition) is 0. The van der Waals surface area contributed by atoms with Crippen molar-refractivity contribution in [1.82, 2.24) is 0 Å². The molecule has 0 amide bonds. The molecule has 0 saturated carbocycles. The molecule has 0 aromatic rings. The summed E-state index contributed by atoms with van der Waals surface area (Å²) in [6.45, 7) is 7.00. The van der Waals surface area contributed by atoms with Crippen molar-refractivity contribution in [1.29, 1.82) is 0 Å². The van der Waals surface area contributed by atoms with Crippen LogP contribution >= 0.6 is 11.8 Å². The minimum absolute atomic E-state index is 0. The van der Waals surface area contributed by atoms with E-state index in [4.69, 9.17) is 0 Å². The average Bonchev–Trinajstić information content (AvgIpc) is 2.31. The van der Waals surface area contributed by atoms with E-state index in [0.717, 1.165) is 0 Å². The fourth-order valence-electron chi connectivity index (χ4n) is 2.95. The maximum atomic E-state index is 2.33. The molecule has 17 heavy (non-hydrogen) atoms. The minimum atomic E-state index is -0.0355. The van der Waals surface area contributed by atoms with Gasteiger partial charge in [0.15, 0.2) is 0 Å². The van der Waals surface area contributed by atoms with Crippen LogP contribution in [0.15, 0.2) is 0 Å². The number of rotatable bonds is 11. The van der Waals surface area contributed by atoms with Crippen LogP contribution in [0.25, 0.3) is 0 Å². The van der Waals surface area contributed by atoms with Gasteiger partial charge < -0.3 is 0 Å². The normalized spacial score (nSPS) is 11.3. The van der Waals surface area contributed by atoms with E-state index in [1.807, 2.05) is 0 Å². The molecule has 0 fully saturated rings. The first kappa shape index (κ1) is 20.3. The fraction of sp³-hybridized carbons (Fsp3) is 1.00. The Balaban J connectivity index is 0. The van der Waals surface area contributed by atoms with Crippen LogP contribution in [0.5, 0.6) is 0 Å². The predicted octanol–water partition coefficient (Wildman–Crippen LogP) is 2.74. The molecule has 0 aromatic carbocycles. The molecule has 0 aromatic heterocycles. The SMILES string of the molecule is CCCC[B-](CCCC)(CCCC)CSC.[Li+]. The third-order valence-electron chi connectivity index (χ3n) is 4.03. The Morgan fingerprint density at radius 1 is 0.765 bits per heavy atom. The number of unbranched alkanes of at least 4 members (excludes halogenated alkanes) is 3. The summed E-state index contributed by atoms with van der Waals surface area (Å²) in [6, 6.07) is 0. The van der Waals surface area contributed by atoms with Gasteiger partial charge in [-0.25, -0.2) is 11.8 Å². The van der Waals surface area contributed by atoms with Gasteiger partial charge in [-0.15, -0.1) is 5.65 Å². The number of thioether (sulfide) groups is 1. The largest absolute Gasteiger partial charge is 1.00 e. The van der Waals surface area contributed by atoms with Crippen molar-refractivity contribution in [2.24, 2.45) is 0 Å². The second kappa shape index (κ2) is 13.4. The molecule has 0 rings (SSSR count). The Morgan fingerprint density at radius 2 is 1.12 bits per heavy atom. The van der Waals surface area contributed by atoms with E-state index in [2.05, 4.69) is 38.8 Å². The van der Waals surface area contributed by atoms with Crippen LogP contribution in [0.4, 0.5) is 0 Å². The Kier molecular flexibility index (Phi) is 16.1. The maximum Gasteiger partial charge on any atom is 1.00 e. The van der Waals surface area contributed by atoms with Crippen molar-refractivity contribution < 1.29 is 18.9 Å². The molecule has 0 aliphatic heterocycles. The van der Waals surface area contributed by atoms with Crippen molar-refractivity contribution in [3.63, 3.8) is 0 Å². The zero-order chi connectivity index (χ0) is 12.3. The molecule has 0 spiro atoms. The molecule has 0 unspecified atom stereocenters. The molecule has 0 N–H and O–H groups in total. The van der Waals surface area contributed by atoms with Crippen molar-refractivity contribution >= 4 is 17.9 Å². The Hall–Kier alpha value is 1.01. The van der Waals surface area contributed by atoms with Crippen molar-refractivity contribution in [2.75, 3.05) is 11.9 Å². The average molecular weight is 250 g/mol. The third-order valence-corrected chi connectivity index (χ3v) is 5.07. The summed E-state index contributed by atoms with van der Waals surface area (Å²) in [5.74, 6) is 0. The molecular formula is C14H32BLiS. The predicted molar refractivity (Wildman–Crippen MR) is 83.3 cm³/mol. The van der Waals surface area contributed by atoms with Gasteiger partial charge in [0.25, 0.3) is 0 Å². The molecule has 0 heterocycles. The van der Waals surface area contributed by atoms with E-state index in [1.54, 1.807) is 0 Å². The third kappa shape index (κ3) is 9.57. The van der Waals surface area contributed by atoms with Gasteiger partial charge in [0.1, 0.15) is 0 Å². The summed E-state index contributed by atoms with van der Waals surface area (Å²) in [6.07, 6.45) is 15.3. The molecule has 0 saturated heterocycles. The van der Waals surface area contributed by atoms with E-state index >= 15 is 0 Å². The smallest absolute Gasteiger partial charge is 0.204 e. The zero-order valence-corrected chi connectivity index (χ0v) is 13.9. The minimum Gasteiger partial charge on any atom is -0.204 e. The van der Waals surface area contributed by atoms with Crippen LogP contribution in [0.3, 0.4) is 0 Å². The Labute approximate surface area is 127 Å². The van der Waals surface area contributed by atoms with Gasteiger partial charge in [0.2, 0.25) is 0 Å². The van der Waals surface area contributed by atoms with Gasteiger partial charge in [-0.1, -0.05) is 59.3 Å². The van der Waals surface area contributed by atoms with Gasteiger partial charge in [-0.3, -0.25) is 0 Å². The first-order valence-corrected chi connectivity index (χ1v) is 8.85. The van der Waals surface area contributed by atoms with Gasteiger partial charge in [0, 0.05) is 6.15 Å². The Bertz CT molecular complexity index is 131. The van der Waals surface area contributed by atoms with Gasteiger partial charge in [-0.2, -0.15) is 19.0 Å². The van der Waals surface area contributed by atoms with Gasteiger partial charge >= 0.3 is 18.9 Å². The molecule has 0 atom stereocenters. The molecular weight excluding hydrogens is 218 g/mol. The summed E-state index contributed by atoms with van der Waals surface area (Å²) >= 11 is 2.09. The van der Waals surface area contributed by atoms with Crippen LogP contribution in [-0.4, -0.2) is 18.1 Å². The molecule has 0 aliphatic rings. The summed E-state index contributed by atoms with van der Waals surface area (Å²) < 4.78 is 0. The van der Waals surface area contributed by atoms with Crippen molar-refractivity contribution in [3.8, 4) is 0 Å². The van der Waals surface area contributed by atoms with E-state index in [0.29, 0.717) is 0 Å². The second-order valence-electron chi connectivity index (χ2n) is 5.61. The quantitative estimate of drug-likeness (QED) is 0.508. The van der Waals surface area contributed by atoms with E-state index in [9.17, 15) is 0 Å². The molecule has 0 nitrogen and oxygen atoms in total. The summed E-state index contributed by atoms with van der Waals surface area (Å²) in [5, 5.41) is 0. The van der Waals surface area contributed by atoms with E-state index < -0.39 is 0 Å². The van der Waals surface area contributed by atoms with Crippen LogP contribution in [0, 0.1) is 0 Å². The van der Waals surface area contributed by atoms with Crippen LogP contribution in [0.1, 0.15) is 59.3 Å². The van der Waals surface area contributed by atoms with Gasteiger partial charge in [0.05, 0.1) is 0 Å². The fourth-order valence-corrected chi connectivity index (χ4v) is 4.16. The second-order valence-corrected chi connectivity index (χ2v) is 6.52. The molecule has 0 radical (unpaired) electrons. The maximum absolute atomic E-state index is 2.33. The molecule has 3 heteroatoms. The van der Waals surface area contributed by atoms with Crippen molar-refractivity contribution in [2.45, 2.75) is 78.3 Å². The van der Waals surface area contributed by atoms with Crippen molar-refractivity contribution in [3.05, 3.63) is 0 Å². The molecule has 0 bridgehead atoms. The topological polar surface area (TPSA) is 0 Å². The molecule has 98 valence electrons. The van der Waals surface area contributed by atoms with Crippen LogP contribution in [0.2, 0.25) is 19.0 Å².